The number of rotatable bonds is 5. The van der Waals surface area contributed by atoms with Gasteiger partial charge in [0.25, 0.3) is 0 Å². The number of para-hydroxylation sites is 2. The van der Waals surface area contributed by atoms with Crippen LogP contribution in [0.1, 0.15) is 15.9 Å². The highest BCUT2D eigenvalue weighted by Crippen LogP contribution is 2.29. The molecule has 0 fully saturated rings. The van der Waals surface area contributed by atoms with Crippen LogP contribution in [-0.2, 0) is 4.79 Å². The summed E-state index contributed by atoms with van der Waals surface area (Å²) in [6.45, 7) is 0. The van der Waals surface area contributed by atoms with E-state index in [2.05, 4.69) is 5.32 Å². The number of halogens is 1. The molecule has 6 heteroatoms. The molecule has 23 heavy (non-hydrogen) atoms. The lowest BCUT2D eigenvalue weighted by molar-refractivity contribution is -0.111. The van der Waals surface area contributed by atoms with Crippen molar-refractivity contribution in [3.05, 3.63) is 64.7 Å². The third kappa shape index (κ3) is 4.11. The molecule has 0 spiro atoms. The molecule has 2 aromatic carbocycles. The first-order chi connectivity index (χ1) is 11.0. The Morgan fingerprint density at radius 3 is 2.61 bits per heavy atom. The number of nitrogens with one attached hydrogen (secondary N) is 1. The van der Waals surface area contributed by atoms with E-state index in [-0.39, 0.29) is 11.3 Å². The standard InChI is InChI=1S/C17H14ClNO4/c1-23-16-11(5-4-7-13(16)18)9-10-15(20)19-14-8-3-2-6-12(14)17(21)22/h2-10H,1H3,(H,19,20)(H,21,22). The van der Waals surface area contributed by atoms with Crippen LogP contribution >= 0.6 is 11.6 Å². The Morgan fingerprint density at radius 2 is 1.91 bits per heavy atom. The average Bonchev–Trinajstić information content (AvgIpc) is 2.53. The summed E-state index contributed by atoms with van der Waals surface area (Å²) in [4.78, 5) is 23.1. The Labute approximate surface area is 138 Å². The largest absolute Gasteiger partial charge is 0.495 e. The van der Waals surface area contributed by atoms with Crippen LogP contribution in [0.25, 0.3) is 6.08 Å². The van der Waals surface area contributed by atoms with E-state index < -0.39 is 11.9 Å². The van der Waals surface area contributed by atoms with E-state index in [1.807, 2.05) is 0 Å². The SMILES string of the molecule is COc1c(Cl)cccc1C=CC(=O)Nc1ccccc1C(=O)O. The predicted molar refractivity (Wildman–Crippen MR) is 89.1 cm³/mol. The Kier molecular flexibility index (Phi) is 5.38. The number of hydrogen-bond acceptors (Lipinski definition) is 3. The van der Waals surface area contributed by atoms with E-state index in [1.165, 1.54) is 25.3 Å². The molecule has 0 bridgehead atoms. The van der Waals surface area contributed by atoms with Gasteiger partial charge in [-0.15, -0.1) is 0 Å². The lowest BCUT2D eigenvalue weighted by atomic mass is 10.1. The highest BCUT2D eigenvalue weighted by molar-refractivity contribution is 6.32. The number of amides is 1. The van der Waals surface area contributed by atoms with Gasteiger partial charge >= 0.3 is 5.97 Å². The molecule has 5 nitrogen and oxygen atoms in total. The topological polar surface area (TPSA) is 75.6 Å². The summed E-state index contributed by atoms with van der Waals surface area (Å²) in [5.74, 6) is -1.11. The van der Waals surface area contributed by atoms with Gasteiger partial charge in [0.15, 0.2) is 0 Å². The molecule has 0 unspecified atom stereocenters. The highest BCUT2D eigenvalue weighted by atomic mass is 35.5. The van der Waals surface area contributed by atoms with Crippen LogP contribution in [0.3, 0.4) is 0 Å². The van der Waals surface area contributed by atoms with Gasteiger partial charge in [0.2, 0.25) is 5.91 Å². The molecule has 0 saturated heterocycles. The summed E-state index contributed by atoms with van der Waals surface area (Å²) < 4.78 is 5.18. The van der Waals surface area contributed by atoms with Crippen molar-refractivity contribution in [3.8, 4) is 5.75 Å². The Morgan fingerprint density at radius 1 is 1.17 bits per heavy atom. The molecule has 0 saturated carbocycles. The third-order valence-corrected chi connectivity index (χ3v) is 3.33. The number of carbonyl (C=O) groups excluding carboxylic acids is 1. The van der Waals surface area contributed by atoms with Crippen molar-refractivity contribution in [2.75, 3.05) is 12.4 Å². The number of ether oxygens (including phenoxy) is 1. The normalized spacial score (nSPS) is 10.5. The van der Waals surface area contributed by atoms with Gasteiger partial charge in [0, 0.05) is 11.6 Å². The van der Waals surface area contributed by atoms with E-state index in [9.17, 15) is 9.59 Å². The number of hydrogen-bond donors (Lipinski definition) is 2. The summed E-state index contributed by atoms with van der Waals surface area (Å²) in [6.07, 6.45) is 2.83. The van der Waals surface area contributed by atoms with Crippen molar-refractivity contribution >= 4 is 35.2 Å². The molecule has 0 atom stereocenters. The molecule has 2 N–H and O–H groups in total. The van der Waals surface area contributed by atoms with E-state index >= 15 is 0 Å². The third-order valence-electron chi connectivity index (χ3n) is 3.03. The fourth-order valence-corrected chi connectivity index (χ4v) is 2.25. The van der Waals surface area contributed by atoms with Gasteiger partial charge in [-0.3, -0.25) is 4.79 Å². The van der Waals surface area contributed by atoms with E-state index in [0.717, 1.165) is 0 Å². The van der Waals surface area contributed by atoms with Gasteiger partial charge in [-0.2, -0.15) is 0 Å². The summed E-state index contributed by atoms with van der Waals surface area (Å²) in [5.41, 5.74) is 0.893. The monoisotopic (exact) mass is 331 g/mol. The van der Waals surface area contributed by atoms with Crippen molar-refractivity contribution in [1.82, 2.24) is 0 Å². The maximum Gasteiger partial charge on any atom is 0.337 e. The summed E-state index contributed by atoms with van der Waals surface area (Å²) in [6, 6.07) is 11.3. The Balaban J connectivity index is 2.18. The van der Waals surface area contributed by atoms with Crippen LogP contribution in [0.5, 0.6) is 5.75 Å². The molecule has 0 heterocycles. The molecule has 0 aromatic heterocycles. The molecule has 0 aliphatic rings. The molecule has 0 aliphatic carbocycles. The molecule has 118 valence electrons. The predicted octanol–water partition coefficient (Wildman–Crippen LogP) is 3.70. The smallest absolute Gasteiger partial charge is 0.337 e. The first kappa shape index (κ1) is 16.6. The zero-order valence-corrected chi connectivity index (χ0v) is 13.0. The maximum atomic E-state index is 12.0. The summed E-state index contributed by atoms with van der Waals surface area (Å²) in [7, 11) is 1.49. The van der Waals surface area contributed by atoms with Crippen molar-refractivity contribution in [1.29, 1.82) is 0 Å². The quantitative estimate of drug-likeness (QED) is 0.819. The van der Waals surface area contributed by atoms with Crippen LogP contribution < -0.4 is 10.1 Å². The molecule has 2 aromatic rings. The van der Waals surface area contributed by atoms with Crippen LogP contribution in [-0.4, -0.2) is 24.1 Å². The second kappa shape index (κ2) is 7.47. The maximum absolute atomic E-state index is 12.0. The fraction of sp³-hybridized carbons (Fsp3) is 0.0588. The average molecular weight is 332 g/mol. The number of carboxylic acids is 1. The second-order valence-electron chi connectivity index (χ2n) is 4.54. The number of carboxylic acid groups (broad SMARTS) is 1. The molecule has 1 amide bonds. The minimum atomic E-state index is -1.11. The first-order valence-corrected chi connectivity index (χ1v) is 7.04. The molecule has 0 aliphatic heterocycles. The van der Waals surface area contributed by atoms with E-state index in [0.29, 0.717) is 16.3 Å². The Bertz CT molecular complexity index is 771. The lowest BCUT2D eigenvalue weighted by Crippen LogP contribution is -2.11. The minimum absolute atomic E-state index is 0.0228. The zero-order valence-electron chi connectivity index (χ0n) is 12.2. The van der Waals surface area contributed by atoms with E-state index in [1.54, 1.807) is 36.4 Å². The number of aromatic carboxylic acids is 1. The summed E-state index contributed by atoms with van der Waals surface area (Å²) in [5, 5.41) is 12.1. The van der Waals surface area contributed by atoms with Crippen LogP contribution in [0, 0.1) is 0 Å². The minimum Gasteiger partial charge on any atom is -0.495 e. The highest BCUT2D eigenvalue weighted by Gasteiger charge is 2.10. The lowest BCUT2D eigenvalue weighted by Gasteiger charge is -2.07. The first-order valence-electron chi connectivity index (χ1n) is 6.67. The van der Waals surface area contributed by atoms with Gasteiger partial charge in [0.1, 0.15) is 5.75 Å². The number of benzene rings is 2. The van der Waals surface area contributed by atoms with Crippen molar-refractivity contribution in [2.45, 2.75) is 0 Å². The van der Waals surface area contributed by atoms with Gasteiger partial charge in [0.05, 0.1) is 23.4 Å². The number of carbonyl (C=O) groups is 2. The van der Waals surface area contributed by atoms with Crippen molar-refractivity contribution in [3.63, 3.8) is 0 Å². The zero-order chi connectivity index (χ0) is 16.8. The van der Waals surface area contributed by atoms with Crippen LogP contribution in [0.4, 0.5) is 5.69 Å². The number of anilines is 1. The molecule has 0 radical (unpaired) electrons. The molecule has 2 rings (SSSR count). The fourth-order valence-electron chi connectivity index (χ4n) is 1.99. The van der Waals surface area contributed by atoms with Gasteiger partial charge in [-0.05, 0) is 24.3 Å². The van der Waals surface area contributed by atoms with Gasteiger partial charge in [-0.1, -0.05) is 35.9 Å². The van der Waals surface area contributed by atoms with Gasteiger partial charge < -0.3 is 15.2 Å². The second-order valence-corrected chi connectivity index (χ2v) is 4.94. The van der Waals surface area contributed by atoms with Crippen LogP contribution in [0.2, 0.25) is 5.02 Å². The van der Waals surface area contributed by atoms with Crippen molar-refractivity contribution in [2.24, 2.45) is 0 Å². The van der Waals surface area contributed by atoms with E-state index in [4.69, 9.17) is 21.4 Å². The Hall–Kier alpha value is -2.79. The van der Waals surface area contributed by atoms with Crippen molar-refractivity contribution < 1.29 is 19.4 Å². The van der Waals surface area contributed by atoms with Gasteiger partial charge in [-0.25, -0.2) is 4.79 Å². The molecular weight excluding hydrogens is 318 g/mol. The van der Waals surface area contributed by atoms with Crippen LogP contribution in [0.15, 0.2) is 48.5 Å². The summed E-state index contributed by atoms with van der Waals surface area (Å²) >= 11 is 6.01. The molecular formula is C17H14ClNO4. The number of methoxy groups -OCH3 is 1.